The van der Waals surface area contributed by atoms with E-state index in [4.69, 9.17) is 11.5 Å². The smallest absolute Gasteiger partial charge is 0.326 e. The Bertz CT molecular complexity index is 2740. The van der Waals surface area contributed by atoms with Crippen LogP contribution in [0.1, 0.15) is 83.5 Å². The molecule has 0 aliphatic carbocycles. The summed E-state index contributed by atoms with van der Waals surface area (Å²) < 4.78 is 0. The molecule has 3 rings (SSSR count). The Kier molecular flexibility index (Phi) is 29.7. The number of nitrogens with one attached hydrogen (secondary N) is 10. The van der Waals surface area contributed by atoms with Crippen LogP contribution in [-0.4, -0.2) is 180 Å². The maximum Gasteiger partial charge on any atom is 0.326 e. The maximum atomic E-state index is 14.5. The lowest BCUT2D eigenvalue weighted by molar-refractivity contribution is -0.144. The summed E-state index contributed by atoms with van der Waals surface area (Å²) in [5.41, 5.74) is 13.0. The first-order valence-electron chi connectivity index (χ1n) is 27.3. The van der Waals surface area contributed by atoms with Gasteiger partial charge in [0.15, 0.2) is 0 Å². The van der Waals surface area contributed by atoms with Crippen molar-refractivity contribution in [3.8, 4) is 0 Å². The highest BCUT2D eigenvalue weighted by atomic mass is 32.1. The third-order valence-electron chi connectivity index (χ3n) is 13.3. The molecule has 12 atom stereocenters. The van der Waals surface area contributed by atoms with E-state index in [9.17, 15) is 78.0 Å². The monoisotopic (exact) mass is 1210 g/mol. The van der Waals surface area contributed by atoms with E-state index in [0.29, 0.717) is 12.0 Å². The number of carbonyl (C=O) groups is 12. The van der Waals surface area contributed by atoms with E-state index < -0.39 is 169 Å². The van der Waals surface area contributed by atoms with Gasteiger partial charge < -0.3 is 84.7 Å². The number of aliphatic hydroxyl groups excluding tert-OH is 2. The number of aromatic nitrogens is 2. The molecule has 0 fully saturated rings. The Morgan fingerprint density at radius 2 is 1.04 bits per heavy atom. The number of aliphatic carboxylic acids is 2. The van der Waals surface area contributed by atoms with E-state index in [-0.39, 0.29) is 43.0 Å². The van der Waals surface area contributed by atoms with Crippen molar-refractivity contribution in [2.75, 3.05) is 12.4 Å². The number of hydrogen-bond donors (Lipinski definition) is 17. The number of hydrogen-bond acceptors (Lipinski definition) is 17. The zero-order valence-electron chi connectivity index (χ0n) is 47.7. The Hall–Kier alpha value is -8.48. The molecule has 29 nitrogen and oxygen atoms in total. The quantitative estimate of drug-likeness (QED) is 0.0248. The highest BCUT2D eigenvalue weighted by Gasteiger charge is 2.38. The summed E-state index contributed by atoms with van der Waals surface area (Å²) in [4.78, 5) is 167. The number of H-pyrrole nitrogens is 1. The van der Waals surface area contributed by atoms with Crippen LogP contribution in [0.4, 0.5) is 0 Å². The van der Waals surface area contributed by atoms with Gasteiger partial charge in [-0.3, -0.25) is 52.7 Å². The molecule has 466 valence electrons. The van der Waals surface area contributed by atoms with Gasteiger partial charge in [-0.15, -0.1) is 0 Å². The van der Waals surface area contributed by atoms with Gasteiger partial charge in [-0.25, -0.2) is 9.78 Å². The average Bonchev–Trinajstić information content (AvgIpc) is 4.17. The van der Waals surface area contributed by atoms with Crippen LogP contribution >= 0.6 is 12.6 Å². The lowest BCUT2D eigenvalue weighted by Crippen LogP contribution is -2.62. The van der Waals surface area contributed by atoms with Gasteiger partial charge in [-0.2, -0.15) is 12.6 Å². The second-order valence-electron chi connectivity index (χ2n) is 20.7. The average molecular weight is 1210 g/mol. The van der Waals surface area contributed by atoms with Crippen LogP contribution in [0, 0.1) is 11.8 Å². The third-order valence-corrected chi connectivity index (χ3v) is 13.7. The first-order valence-corrected chi connectivity index (χ1v) is 28.0. The third kappa shape index (κ3) is 24.3. The van der Waals surface area contributed by atoms with Crippen LogP contribution in [0.3, 0.4) is 0 Å². The molecule has 3 aromatic rings. The van der Waals surface area contributed by atoms with Crippen molar-refractivity contribution in [3.63, 3.8) is 0 Å². The second-order valence-corrected chi connectivity index (χ2v) is 21.1. The van der Waals surface area contributed by atoms with E-state index in [1.54, 1.807) is 88.4 Å². The minimum atomic E-state index is -1.92. The molecule has 10 amide bonds. The second kappa shape index (κ2) is 35.6. The number of carbonyl (C=O) groups excluding carboxylic acids is 10. The molecule has 1 heterocycles. The van der Waals surface area contributed by atoms with Crippen molar-refractivity contribution in [3.05, 3.63) is 90.0 Å². The number of carboxylic acid groups (broad SMARTS) is 2. The summed E-state index contributed by atoms with van der Waals surface area (Å²) in [6.07, 6.45) is -1.52. The zero-order valence-corrected chi connectivity index (χ0v) is 48.6. The number of rotatable bonds is 37. The van der Waals surface area contributed by atoms with Gasteiger partial charge in [0.1, 0.15) is 54.4 Å². The van der Waals surface area contributed by atoms with Crippen molar-refractivity contribution in [1.29, 1.82) is 0 Å². The molecule has 0 bridgehead atoms. The van der Waals surface area contributed by atoms with Crippen molar-refractivity contribution in [2.24, 2.45) is 23.3 Å². The first-order chi connectivity index (χ1) is 40.2. The van der Waals surface area contributed by atoms with Gasteiger partial charge in [0.2, 0.25) is 59.1 Å². The zero-order chi connectivity index (χ0) is 63.5. The summed E-state index contributed by atoms with van der Waals surface area (Å²) in [6, 6.07) is 1.10. The van der Waals surface area contributed by atoms with E-state index in [0.717, 1.165) is 12.5 Å². The van der Waals surface area contributed by atoms with Gasteiger partial charge >= 0.3 is 11.9 Å². The standard InChI is InChI=1S/C55H79N13O16S/c1-6-29(4)44(55(83)84)67-50(78)36(19-28(2)3)61-47(75)35(17-18-43(72)73)60-54(82)45(30(5)70)68-51(79)37(21-32-15-11-8-12-16-32)62-48(76)38(22-33-24-58-27-59-33)63-49(77)39(23-42(57)71)64-52(80)40(25-69)65-53(81)41(26-85)66-46(74)34(56)20-31-13-9-7-10-14-31/h7-16,24,27-30,34-41,44-45,69-70,85H,6,17-23,25-26,56H2,1-5H3,(H2,57,71)(H,58,59)(H,60,82)(H,61,75)(H,62,76)(H,63,77)(H,64,80)(H,65,81)(H,66,74)(H,67,78)(H,68,79)(H,72,73)(H,83,84)/t29-,30+,34-,35-,36-,37-,38-,39-,40-,41-,44-,45-/m0/s1. The molecule has 0 saturated heterocycles. The fraction of sp³-hybridized carbons (Fsp3) is 0.509. The van der Waals surface area contributed by atoms with Crippen LogP contribution in [0.2, 0.25) is 0 Å². The number of benzene rings is 2. The van der Waals surface area contributed by atoms with E-state index in [1.807, 2.05) is 0 Å². The number of carboxylic acids is 2. The van der Waals surface area contributed by atoms with Crippen LogP contribution in [0.25, 0.3) is 0 Å². The Labute approximate surface area is 495 Å². The van der Waals surface area contributed by atoms with E-state index >= 15 is 0 Å². The number of amides is 10. The lowest BCUT2D eigenvalue weighted by Gasteiger charge is -2.29. The summed E-state index contributed by atoms with van der Waals surface area (Å²) in [5.74, 6) is -14.3. The molecule has 1 aromatic heterocycles. The summed E-state index contributed by atoms with van der Waals surface area (Å²) in [6.45, 7) is 6.83. The first kappa shape index (κ1) is 70.8. The number of imidazole rings is 1. The van der Waals surface area contributed by atoms with E-state index in [1.165, 1.54) is 12.5 Å². The molecule has 0 aliphatic heterocycles. The molecule has 30 heteroatoms. The number of aromatic amines is 1. The van der Waals surface area contributed by atoms with Crippen LogP contribution < -0.4 is 59.3 Å². The number of thiol groups is 1. The molecule has 2 aromatic carbocycles. The number of nitrogens with two attached hydrogens (primary N) is 2. The SMILES string of the molecule is CC[C@H](C)[C@H](NC(=O)[C@H](CC(C)C)NC(=O)[C@H](CCC(=O)O)NC(=O)[C@@H](NC(=O)[C@H](Cc1ccccc1)NC(=O)[C@H](Cc1cnc[nH]1)NC(=O)[C@H](CC(N)=O)NC(=O)[C@H](CO)NC(=O)[C@H](CS)NC(=O)[C@@H](N)Cc1ccccc1)[C@@H](C)O)C(=O)O. The minimum absolute atomic E-state index is 0.0111. The summed E-state index contributed by atoms with van der Waals surface area (Å²) in [7, 11) is 0. The van der Waals surface area contributed by atoms with Gasteiger partial charge in [-0.05, 0) is 49.1 Å². The van der Waals surface area contributed by atoms with Crippen molar-refractivity contribution in [2.45, 2.75) is 153 Å². The molecule has 0 unspecified atom stereocenters. The molecule has 0 radical (unpaired) electrons. The Balaban J connectivity index is 1.90. The molecule has 18 N–H and O–H groups in total. The van der Waals surface area contributed by atoms with Gasteiger partial charge in [0.25, 0.3) is 0 Å². The number of nitrogens with zero attached hydrogens (tertiary/aromatic N) is 1. The van der Waals surface area contributed by atoms with Crippen molar-refractivity contribution >= 4 is 83.6 Å². The molecule has 0 aliphatic rings. The topological polar surface area (TPSA) is 475 Å². The normalized spacial score (nSPS) is 15.4. The fourth-order valence-corrected chi connectivity index (χ4v) is 8.64. The van der Waals surface area contributed by atoms with Gasteiger partial charge in [0.05, 0.1) is 31.5 Å². The Morgan fingerprint density at radius 1 is 0.576 bits per heavy atom. The lowest BCUT2D eigenvalue weighted by atomic mass is 9.97. The summed E-state index contributed by atoms with van der Waals surface area (Å²) >= 11 is 4.13. The van der Waals surface area contributed by atoms with Gasteiger partial charge in [0, 0.05) is 36.9 Å². The predicted octanol–water partition coefficient (Wildman–Crippen LogP) is -3.65. The fourth-order valence-electron chi connectivity index (χ4n) is 8.38. The molecular formula is C55H79N13O16S. The molecule has 0 spiro atoms. The maximum absolute atomic E-state index is 14.5. The van der Waals surface area contributed by atoms with Crippen LogP contribution in [0.5, 0.6) is 0 Å². The Morgan fingerprint density at radius 3 is 1.54 bits per heavy atom. The summed E-state index contributed by atoms with van der Waals surface area (Å²) in [5, 5.41) is 62.1. The predicted molar refractivity (Wildman–Crippen MR) is 308 cm³/mol. The highest BCUT2D eigenvalue weighted by molar-refractivity contribution is 7.80. The largest absolute Gasteiger partial charge is 0.481 e. The van der Waals surface area contributed by atoms with Crippen molar-refractivity contribution in [1.82, 2.24) is 57.8 Å². The van der Waals surface area contributed by atoms with Crippen molar-refractivity contribution < 1.29 is 78.0 Å². The van der Waals surface area contributed by atoms with E-state index in [2.05, 4.69) is 70.4 Å². The molecule has 0 saturated carbocycles. The van der Waals surface area contributed by atoms with Gasteiger partial charge in [-0.1, -0.05) is 94.8 Å². The minimum Gasteiger partial charge on any atom is -0.481 e. The molecular weight excluding hydrogens is 1130 g/mol. The molecule has 85 heavy (non-hydrogen) atoms. The highest BCUT2D eigenvalue weighted by Crippen LogP contribution is 2.14. The van der Waals surface area contributed by atoms with Crippen LogP contribution in [0.15, 0.2) is 73.2 Å². The van der Waals surface area contributed by atoms with Crippen LogP contribution in [-0.2, 0) is 76.8 Å². The number of primary amides is 1. The number of aliphatic hydroxyl groups is 2.